The average molecular weight is 465 g/mol. The summed E-state index contributed by atoms with van der Waals surface area (Å²) < 4.78 is 26.5. The highest BCUT2D eigenvalue weighted by Gasteiger charge is 2.20. The maximum atomic E-state index is 13.3. The van der Waals surface area contributed by atoms with E-state index in [1.165, 1.54) is 30.0 Å². The first-order valence-corrected chi connectivity index (χ1v) is 10.9. The Morgan fingerprint density at radius 2 is 2.00 bits per heavy atom. The Morgan fingerprint density at radius 1 is 1.26 bits per heavy atom. The molecule has 10 heteroatoms. The molecule has 1 N–H and O–H groups in total. The lowest BCUT2D eigenvalue weighted by atomic mass is 10.3. The largest absolute Gasteiger partial charge is 0.493 e. The number of nitrogens with zero attached hydrogens (tertiary/aromatic N) is 3. The predicted molar refractivity (Wildman–Crippen MR) is 118 cm³/mol. The van der Waals surface area contributed by atoms with Crippen molar-refractivity contribution in [1.82, 2.24) is 14.8 Å². The van der Waals surface area contributed by atoms with Crippen LogP contribution in [-0.2, 0) is 11.3 Å². The number of benzene rings is 2. The molecule has 0 saturated heterocycles. The molecule has 2 aromatic carbocycles. The van der Waals surface area contributed by atoms with Crippen LogP contribution in [-0.4, -0.2) is 33.5 Å². The molecule has 0 radical (unpaired) electrons. The van der Waals surface area contributed by atoms with Crippen molar-refractivity contribution in [2.45, 2.75) is 31.7 Å². The molecular formula is C21H22ClFN4O3S. The van der Waals surface area contributed by atoms with Crippen LogP contribution < -0.4 is 14.8 Å². The van der Waals surface area contributed by atoms with Gasteiger partial charge in [0.1, 0.15) is 5.82 Å². The van der Waals surface area contributed by atoms with Gasteiger partial charge >= 0.3 is 0 Å². The predicted octanol–water partition coefficient (Wildman–Crippen LogP) is 4.97. The van der Waals surface area contributed by atoms with E-state index in [9.17, 15) is 9.18 Å². The monoisotopic (exact) mass is 464 g/mol. The number of amides is 1. The van der Waals surface area contributed by atoms with Crippen LogP contribution >= 0.6 is 23.4 Å². The van der Waals surface area contributed by atoms with Crippen LogP contribution in [0.4, 0.5) is 10.1 Å². The lowest BCUT2D eigenvalue weighted by molar-refractivity contribution is -0.113. The normalized spacial score (nSPS) is 11.8. The lowest BCUT2D eigenvalue weighted by Gasteiger charge is -2.17. The average Bonchev–Trinajstić information content (AvgIpc) is 3.18. The van der Waals surface area contributed by atoms with Crippen molar-refractivity contribution in [1.29, 1.82) is 0 Å². The molecule has 31 heavy (non-hydrogen) atoms. The second-order valence-electron chi connectivity index (χ2n) is 6.46. The van der Waals surface area contributed by atoms with Gasteiger partial charge in [-0.3, -0.25) is 4.79 Å². The number of nitrogens with one attached hydrogen (secondary N) is 1. The number of carbonyl (C=O) groups is 1. The molecule has 1 atom stereocenters. The Kier molecular flexibility index (Phi) is 7.75. The van der Waals surface area contributed by atoms with Gasteiger partial charge in [0.05, 0.1) is 17.9 Å². The van der Waals surface area contributed by atoms with Gasteiger partial charge in [0, 0.05) is 12.2 Å². The number of para-hydroxylation sites is 2. The van der Waals surface area contributed by atoms with E-state index in [0.717, 1.165) is 0 Å². The standard InChI is InChI=1S/C21H22ClFN4O3S/c1-4-27-20(13(2)30-18-8-6-5-7-17(18)29-3)25-26-21(27)31-12-19(28)24-14-9-10-16(23)15(22)11-14/h5-11,13H,4,12H2,1-3H3,(H,24,28). The molecule has 7 nitrogen and oxygen atoms in total. The SMILES string of the molecule is CCn1c(SCC(=O)Nc2ccc(F)c(Cl)c2)nnc1C(C)Oc1ccccc1OC. The zero-order valence-electron chi connectivity index (χ0n) is 17.3. The van der Waals surface area contributed by atoms with Crippen LogP contribution in [0.5, 0.6) is 11.5 Å². The number of rotatable bonds is 9. The molecule has 1 unspecified atom stereocenters. The van der Waals surface area contributed by atoms with Gasteiger partial charge in [-0.1, -0.05) is 35.5 Å². The summed E-state index contributed by atoms with van der Waals surface area (Å²) in [7, 11) is 1.58. The number of thioether (sulfide) groups is 1. The molecule has 3 aromatic rings. The molecule has 0 aliphatic carbocycles. The fourth-order valence-corrected chi connectivity index (χ4v) is 3.86. The number of aromatic nitrogens is 3. The van der Waals surface area contributed by atoms with E-state index in [1.807, 2.05) is 42.7 Å². The minimum absolute atomic E-state index is 0.0511. The molecule has 1 heterocycles. The highest BCUT2D eigenvalue weighted by Crippen LogP contribution is 2.31. The lowest BCUT2D eigenvalue weighted by Crippen LogP contribution is -2.15. The summed E-state index contributed by atoms with van der Waals surface area (Å²) in [6.45, 7) is 4.45. The van der Waals surface area contributed by atoms with Gasteiger partial charge in [-0.2, -0.15) is 0 Å². The van der Waals surface area contributed by atoms with Crippen LogP contribution in [0.25, 0.3) is 0 Å². The summed E-state index contributed by atoms with van der Waals surface area (Å²) in [5.41, 5.74) is 0.425. The Balaban J connectivity index is 1.65. The van der Waals surface area contributed by atoms with E-state index >= 15 is 0 Å². The van der Waals surface area contributed by atoms with Crippen molar-refractivity contribution in [3.05, 3.63) is 59.1 Å². The fourth-order valence-electron chi connectivity index (χ4n) is 2.87. The molecule has 3 rings (SSSR count). The van der Waals surface area contributed by atoms with Gasteiger partial charge in [0.15, 0.2) is 28.6 Å². The van der Waals surface area contributed by atoms with Gasteiger partial charge in [0.2, 0.25) is 5.91 Å². The number of carbonyl (C=O) groups excluding carboxylic acids is 1. The second kappa shape index (κ2) is 10.5. The van der Waals surface area contributed by atoms with Crippen LogP contribution in [0.15, 0.2) is 47.6 Å². The van der Waals surface area contributed by atoms with E-state index in [1.54, 1.807) is 7.11 Å². The third-order valence-corrected chi connectivity index (χ3v) is 5.59. The van der Waals surface area contributed by atoms with E-state index in [-0.39, 0.29) is 22.8 Å². The second-order valence-corrected chi connectivity index (χ2v) is 7.81. The first kappa shape index (κ1) is 22.9. The van der Waals surface area contributed by atoms with Gasteiger partial charge in [-0.15, -0.1) is 10.2 Å². The fraction of sp³-hybridized carbons (Fsp3) is 0.286. The highest BCUT2D eigenvalue weighted by molar-refractivity contribution is 7.99. The Bertz CT molecular complexity index is 1060. The summed E-state index contributed by atoms with van der Waals surface area (Å²) in [6.07, 6.45) is -0.381. The number of ether oxygens (including phenoxy) is 2. The van der Waals surface area contributed by atoms with Gasteiger partial charge in [0.25, 0.3) is 0 Å². The summed E-state index contributed by atoms with van der Waals surface area (Å²) in [6, 6.07) is 11.4. The minimum atomic E-state index is -0.540. The molecule has 0 bridgehead atoms. The Morgan fingerprint density at radius 3 is 2.68 bits per heavy atom. The van der Waals surface area contributed by atoms with Gasteiger partial charge in [-0.25, -0.2) is 4.39 Å². The van der Waals surface area contributed by atoms with Crippen LogP contribution in [0.1, 0.15) is 25.8 Å². The van der Waals surface area contributed by atoms with Gasteiger partial charge < -0.3 is 19.4 Å². The molecule has 1 amide bonds. The number of halogens is 2. The molecule has 1 aromatic heterocycles. The zero-order valence-corrected chi connectivity index (χ0v) is 18.8. The highest BCUT2D eigenvalue weighted by atomic mass is 35.5. The van der Waals surface area contributed by atoms with Crippen molar-refractivity contribution in [2.75, 3.05) is 18.2 Å². The van der Waals surface area contributed by atoms with Crippen LogP contribution in [0, 0.1) is 5.82 Å². The topological polar surface area (TPSA) is 78.3 Å². The maximum Gasteiger partial charge on any atom is 0.234 e. The molecule has 0 saturated carbocycles. The van der Waals surface area contributed by atoms with Crippen molar-refractivity contribution >= 4 is 35.0 Å². The number of hydrogen-bond acceptors (Lipinski definition) is 6. The minimum Gasteiger partial charge on any atom is -0.493 e. The van der Waals surface area contributed by atoms with Crippen LogP contribution in [0.3, 0.4) is 0 Å². The maximum absolute atomic E-state index is 13.3. The third-order valence-electron chi connectivity index (χ3n) is 4.33. The molecule has 0 fully saturated rings. The molecule has 0 aliphatic heterocycles. The molecule has 0 spiro atoms. The number of hydrogen-bond donors (Lipinski definition) is 1. The quantitative estimate of drug-likeness (QED) is 0.450. The van der Waals surface area contributed by atoms with Crippen molar-refractivity contribution in [3.63, 3.8) is 0 Å². The summed E-state index contributed by atoms with van der Waals surface area (Å²) in [5.74, 6) is 1.18. The van der Waals surface area contributed by atoms with Crippen molar-refractivity contribution in [2.24, 2.45) is 0 Å². The van der Waals surface area contributed by atoms with Crippen molar-refractivity contribution in [3.8, 4) is 11.5 Å². The van der Waals surface area contributed by atoms with E-state index in [4.69, 9.17) is 21.1 Å². The van der Waals surface area contributed by atoms with E-state index in [0.29, 0.717) is 34.7 Å². The summed E-state index contributed by atoms with van der Waals surface area (Å²) in [5, 5.41) is 11.7. The zero-order chi connectivity index (χ0) is 22.4. The third kappa shape index (κ3) is 5.68. The molecular weight excluding hydrogens is 443 g/mol. The van der Waals surface area contributed by atoms with Crippen LogP contribution in [0.2, 0.25) is 5.02 Å². The van der Waals surface area contributed by atoms with Gasteiger partial charge in [-0.05, 0) is 44.2 Å². The van der Waals surface area contributed by atoms with E-state index < -0.39 is 5.82 Å². The number of anilines is 1. The summed E-state index contributed by atoms with van der Waals surface area (Å²) in [4.78, 5) is 12.3. The molecule has 164 valence electrons. The molecule has 0 aliphatic rings. The number of methoxy groups -OCH3 is 1. The Hall–Kier alpha value is -2.78. The van der Waals surface area contributed by atoms with Crippen molar-refractivity contribution < 1.29 is 18.7 Å². The smallest absolute Gasteiger partial charge is 0.234 e. The first-order chi connectivity index (χ1) is 14.9. The Labute approximate surface area is 188 Å². The summed E-state index contributed by atoms with van der Waals surface area (Å²) >= 11 is 6.99. The first-order valence-electron chi connectivity index (χ1n) is 9.53. The van der Waals surface area contributed by atoms with E-state index in [2.05, 4.69) is 15.5 Å².